The zero-order chi connectivity index (χ0) is 25.3. The molecule has 3 aromatic rings. The number of methoxy groups -OCH3 is 1. The first-order valence-corrected chi connectivity index (χ1v) is 13.5. The van der Waals surface area contributed by atoms with Crippen LogP contribution in [0.4, 0.5) is 5.00 Å². The smallest absolute Gasteiger partial charge is 0.235 e. The fourth-order valence-corrected chi connectivity index (χ4v) is 6.53. The van der Waals surface area contributed by atoms with Gasteiger partial charge in [-0.15, -0.1) is 21.5 Å². The van der Waals surface area contributed by atoms with Crippen LogP contribution in [0.1, 0.15) is 43.2 Å². The zero-order valence-corrected chi connectivity index (χ0v) is 22.8. The van der Waals surface area contributed by atoms with E-state index >= 15 is 0 Å². The molecule has 0 spiro atoms. The van der Waals surface area contributed by atoms with E-state index in [1.807, 2.05) is 11.6 Å². The average Bonchev–Trinajstić information content (AvgIpc) is 3.35. The summed E-state index contributed by atoms with van der Waals surface area (Å²) in [6.45, 7) is 6.80. The topological polar surface area (TPSA) is 92.8 Å². The molecule has 0 bridgehead atoms. The van der Waals surface area contributed by atoms with Gasteiger partial charge in [0.15, 0.2) is 11.0 Å². The van der Waals surface area contributed by atoms with Crippen LogP contribution in [0, 0.1) is 22.7 Å². The van der Waals surface area contributed by atoms with Crippen LogP contribution in [0.2, 0.25) is 5.02 Å². The lowest BCUT2D eigenvalue weighted by Gasteiger charge is -2.33. The van der Waals surface area contributed by atoms with Crippen LogP contribution < -0.4 is 10.1 Å². The number of anilines is 1. The number of thioether (sulfide) groups is 1. The number of hydrogen-bond acceptors (Lipinski definition) is 7. The second-order valence-electron chi connectivity index (χ2n) is 9.67. The third-order valence-corrected chi connectivity index (χ3v) is 8.85. The molecule has 2 heterocycles. The van der Waals surface area contributed by atoms with Crippen molar-refractivity contribution in [3.05, 3.63) is 39.2 Å². The molecule has 1 aromatic carbocycles. The van der Waals surface area contributed by atoms with Crippen molar-refractivity contribution < 1.29 is 9.53 Å². The maximum atomic E-state index is 12.8. The third kappa shape index (κ3) is 5.35. The number of nitriles is 1. The number of amides is 1. The molecule has 0 aliphatic heterocycles. The number of benzene rings is 1. The van der Waals surface area contributed by atoms with Crippen molar-refractivity contribution in [1.82, 2.24) is 14.8 Å². The normalized spacial score (nSPS) is 15.4. The number of ether oxygens (including phenoxy) is 1. The Balaban J connectivity index is 1.46. The summed E-state index contributed by atoms with van der Waals surface area (Å²) in [7, 11) is 3.42. The SMILES string of the molecule is COc1ccc(Cl)cc1-c1nnc(SCC(=O)Nc2sc3c(c2C#N)CCC(C(C)(C)C)C3)n1C. The number of halogens is 1. The third-order valence-electron chi connectivity index (χ3n) is 6.42. The van der Waals surface area contributed by atoms with E-state index < -0.39 is 0 Å². The van der Waals surface area contributed by atoms with Gasteiger partial charge in [0, 0.05) is 16.9 Å². The minimum atomic E-state index is -0.178. The highest BCUT2D eigenvalue weighted by molar-refractivity contribution is 7.99. The number of carbonyl (C=O) groups is 1. The Morgan fingerprint density at radius 2 is 2.17 bits per heavy atom. The number of nitrogens with zero attached hydrogens (tertiary/aromatic N) is 4. The van der Waals surface area contributed by atoms with E-state index in [1.54, 1.807) is 36.6 Å². The molecule has 1 unspecified atom stereocenters. The summed E-state index contributed by atoms with van der Waals surface area (Å²) in [6.07, 6.45) is 2.91. The van der Waals surface area contributed by atoms with Crippen LogP contribution in [0.5, 0.6) is 5.75 Å². The van der Waals surface area contributed by atoms with Crippen molar-refractivity contribution in [2.24, 2.45) is 18.4 Å². The summed E-state index contributed by atoms with van der Waals surface area (Å²) in [5.74, 6) is 1.78. The molecule has 1 aliphatic rings. The summed E-state index contributed by atoms with van der Waals surface area (Å²) in [5.41, 5.74) is 2.67. The van der Waals surface area contributed by atoms with Gasteiger partial charge in [-0.3, -0.25) is 4.79 Å². The Kier molecular flexibility index (Phi) is 7.46. The lowest BCUT2D eigenvalue weighted by molar-refractivity contribution is -0.113. The number of thiophene rings is 1. The Labute approximate surface area is 218 Å². The quantitative estimate of drug-likeness (QED) is 0.396. The van der Waals surface area contributed by atoms with Crippen LogP contribution in [-0.4, -0.2) is 33.5 Å². The van der Waals surface area contributed by atoms with E-state index in [-0.39, 0.29) is 17.1 Å². The lowest BCUT2D eigenvalue weighted by Crippen LogP contribution is -2.26. The molecule has 0 saturated carbocycles. The van der Waals surface area contributed by atoms with Gasteiger partial charge < -0.3 is 14.6 Å². The highest BCUT2D eigenvalue weighted by Gasteiger charge is 2.32. The fraction of sp³-hybridized carbons (Fsp3) is 0.440. The summed E-state index contributed by atoms with van der Waals surface area (Å²) in [5, 5.41) is 23.1. The van der Waals surface area contributed by atoms with Crippen molar-refractivity contribution in [2.75, 3.05) is 18.2 Å². The van der Waals surface area contributed by atoms with E-state index in [0.717, 1.165) is 30.4 Å². The van der Waals surface area contributed by atoms with Gasteiger partial charge in [-0.05, 0) is 54.4 Å². The van der Waals surface area contributed by atoms with Gasteiger partial charge >= 0.3 is 0 Å². The molecule has 35 heavy (non-hydrogen) atoms. The molecule has 1 amide bonds. The largest absolute Gasteiger partial charge is 0.496 e. The standard InChI is InChI=1S/C25H28ClN5O2S2/c1-25(2,3)14-6-8-16-18(12-27)23(35-20(16)10-14)28-21(32)13-34-24-30-29-22(31(24)4)17-11-15(26)7-9-19(17)33-5/h7,9,11,14H,6,8,10,13H2,1-5H3,(H,28,32). The van der Waals surface area contributed by atoms with Crippen molar-refractivity contribution in [3.8, 4) is 23.2 Å². The number of nitrogens with one attached hydrogen (secondary N) is 1. The maximum absolute atomic E-state index is 12.8. The van der Waals surface area contributed by atoms with Crippen LogP contribution in [-0.2, 0) is 24.7 Å². The second kappa shape index (κ2) is 10.2. The van der Waals surface area contributed by atoms with E-state index in [2.05, 4.69) is 42.4 Å². The van der Waals surface area contributed by atoms with E-state index in [0.29, 0.717) is 38.2 Å². The van der Waals surface area contributed by atoms with Crippen LogP contribution in [0.15, 0.2) is 23.4 Å². The summed E-state index contributed by atoms with van der Waals surface area (Å²) < 4.78 is 7.24. The van der Waals surface area contributed by atoms with Gasteiger partial charge in [0.1, 0.15) is 16.8 Å². The number of fused-ring (bicyclic) bond motifs is 1. The molecular formula is C25H28ClN5O2S2. The number of hydrogen-bond donors (Lipinski definition) is 1. The Hall–Kier alpha value is -2.54. The molecule has 0 radical (unpaired) electrons. The monoisotopic (exact) mass is 529 g/mol. The predicted molar refractivity (Wildman–Crippen MR) is 141 cm³/mol. The molecule has 1 N–H and O–H groups in total. The molecular weight excluding hydrogens is 502 g/mol. The van der Waals surface area contributed by atoms with Crippen LogP contribution in [0.25, 0.3) is 11.4 Å². The first-order chi connectivity index (χ1) is 16.6. The van der Waals surface area contributed by atoms with Crippen molar-refractivity contribution >= 4 is 45.6 Å². The molecule has 1 atom stereocenters. The second-order valence-corrected chi connectivity index (χ2v) is 12.2. The molecule has 7 nitrogen and oxygen atoms in total. The molecule has 184 valence electrons. The summed E-state index contributed by atoms with van der Waals surface area (Å²) in [4.78, 5) is 14.0. The average molecular weight is 530 g/mol. The Morgan fingerprint density at radius 1 is 1.40 bits per heavy atom. The number of aromatic nitrogens is 3. The van der Waals surface area contributed by atoms with Crippen LogP contribution >= 0.6 is 34.7 Å². The van der Waals surface area contributed by atoms with Gasteiger partial charge in [0.05, 0.1) is 24.0 Å². The zero-order valence-electron chi connectivity index (χ0n) is 20.4. The van der Waals surface area contributed by atoms with E-state index in [4.69, 9.17) is 16.3 Å². The van der Waals surface area contributed by atoms with Gasteiger partial charge in [0.2, 0.25) is 5.91 Å². The minimum absolute atomic E-state index is 0.150. The first kappa shape index (κ1) is 25.5. The highest BCUT2D eigenvalue weighted by atomic mass is 35.5. The van der Waals surface area contributed by atoms with Crippen molar-refractivity contribution in [3.63, 3.8) is 0 Å². The van der Waals surface area contributed by atoms with E-state index in [9.17, 15) is 10.1 Å². The van der Waals surface area contributed by atoms with Gasteiger partial charge in [-0.2, -0.15) is 5.26 Å². The van der Waals surface area contributed by atoms with Gasteiger partial charge in [-0.1, -0.05) is 44.1 Å². The Bertz CT molecular complexity index is 1300. The van der Waals surface area contributed by atoms with E-state index in [1.165, 1.54) is 16.6 Å². The summed E-state index contributed by atoms with van der Waals surface area (Å²) in [6, 6.07) is 7.63. The molecule has 1 aliphatic carbocycles. The highest BCUT2D eigenvalue weighted by Crippen LogP contribution is 2.44. The molecule has 0 fully saturated rings. The summed E-state index contributed by atoms with van der Waals surface area (Å²) >= 11 is 8.99. The molecule has 2 aromatic heterocycles. The number of rotatable bonds is 6. The molecule has 10 heteroatoms. The maximum Gasteiger partial charge on any atom is 0.235 e. The van der Waals surface area contributed by atoms with Gasteiger partial charge in [-0.25, -0.2) is 0 Å². The number of carbonyl (C=O) groups excluding carboxylic acids is 1. The van der Waals surface area contributed by atoms with Crippen LogP contribution in [0.3, 0.4) is 0 Å². The predicted octanol–water partition coefficient (Wildman–Crippen LogP) is 5.96. The molecule has 0 saturated heterocycles. The fourth-order valence-electron chi connectivity index (χ4n) is 4.35. The lowest BCUT2D eigenvalue weighted by atomic mass is 9.72. The molecule has 4 rings (SSSR count). The van der Waals surface area contributed by atoms with Crippen molar-refractivity contribution in [2.45, 2.75) is 45.2 Å². The van der Waals surface area contributed by atoms with Gasteiger partial charge in [0.25, 0.3) is 0 Å². The minimum Gasteiger partial charge on any atom is -0.496 e. The van der Waals surface area contributed by atoms with Crippen molar-refractivity contribution in [1.29, 1.82) is 5.26 Å². The first-order valence-electron chi connectivity index (χ1n) is 11.3. The Morgan fingerprint density at radius 3 is 2.86 bits per heavy atom.